The van der Waals surface area contributed by atoms with E-state index in [0.29, 0.717) is 18.7 Å². The minimum atomic E-state index is -0.798. The van der Waals surface area contributed by atoms with Crippen LogP contribution in [0.3, 0.4) is 0 Å². The normalized spacial score (nSPS) is 19.8. The highest BCUT2D eigenvalue weighted by Gasteiger charge is 2.45. The van der Waals surface area contributed by atoms with E-state index in [2.05, 4.69) is 15.5 Å². The summed E-state index contributed by atoms with van der Waals surface area (Å²) in [5.74, 6) is -0.972. The maximum atomic E-state index is 13.8. The lowest BCUT2D eigenvalue weighted by molar-refractivity contribution is -0.143. The second-order valence-corrected chi connectivity index (χ2v) is 10.1. The van der Waals surface area contributed by atoms with Crippen molar-refractivity contribution in [1.82, 2.24) is 25.3 Å². The molecule has 3 N–H and O–H groups in total. The van der Waals surface area contributed by atoms with Gasteiger partial charge in [0, 0.05) is 37.8 Å². The van der Waals surface area contributed by atoms with Gasteiger partial charge in [0.2, 0.25) is 11.8 Å². The van der Waals surface area contributed by atoms with Gasteiger partial charge in [0.15, 0.2) is 0 Å². The van der Waals surface area contributed by atoms with Crippen LogP contribution in [0.2, 0.25) is 0 Å². The summed E-state index contributed by atoms with van der Waals surface area (Å²) < 4.78 is 0. The number of carbonyl (C=O) groups is 3. The van der Waals surface area contributed by atoms with Gasteiger partial charge in [-0.3, -0.25) is 19.5 Å². The summed E-state index contributed by atoms with van der Waals surface area (Å²) in [7, 11) is 0. The summed E-state index contributed by atoms with van der Waals surface area (Å²) >= 11 is 0. The Hall–Kier alpha value is -3.98. The third-order valence-electron chi connectivity index (χ3n) is 7.17. The van der Waals surface area contributed by atoms with Gasteiger partial charge in [-0.05, 0) is 34.7 Å². The summed E-state index contributed by atoms with van der Waals surface area (Å²) in [6, 6.07) is 15.5. The second-order valence-electron chi connectivity index (χ2n) is 10.1. The molecule has 0 saturated carbocycles. The topological polar surface area (TPSA) is 119 Å². The number of aromatic nitrogens is 2. The molecule has 1 fully saturated rings. The van der Waals surface area contributed by atoms with E-state index in [-0.39, 0.29) is 36.6 Å². The van der Waals surface area contributed by atoms with E-state index in [1.807, 2.05) is 62.4 Å². The van der Waals surface area contributed by atoms with Crippen LogP contribution < -0.4 is 5.32 Å². The minimum absolute atomic E-state index is 0.0635. The Labute approximate surface area is 215 Å². The molecule has 2 aliphatic heterocycles. The van der Waals surface area contributed by atoms with Crippen LogP contribution in [0.15, 0.2) is 60.8 Å². The molecular formula is C28H31N5O4. The van der Waals surface area contributed by atoms with E-state index in [9.17, 15) is 19.5 Å². The zero-order valence-electron chi connectivity index (χ0n) is 20.9. The molecule has 5 rings (SSSR count). The number of carbonyl (C=O) groups excluding carboxylic acids is 3. The molecule has 3 heterocycles. The van der Waals surface area contributed by atoms with Gasteiger partial charge in [0.05, 0.1) is 11.8 Å². The number of aliphatic hydroxyl groups excluding tert-OH is 1. The van der Waals surface area contributed by atoms with Crippen molar-refractivity contribution < 1.29 is 19.5 Å². The van der Waals surface area contributed by atoms with Gasteiger partial charge < -0.3 is 20.2 Å². The molecule has 9 heteroatoms. The van der Waals surface area contributed by atoms with E-state index < -0.39 is 18.2 Å². The predicted molar refractivity (Wildman–Crippen MR) is 137 cm³/mol. The SMILES string of the molecule is CC(C)[C@@H](C(=O)N1CC(O)C[C@H]1C(=O)NCc1ccc(-c2ccn[nH]2)cc1)N1Cc2ccccc2C1=O. The lowest BCUT2D eigenvalue weighted by Gasteiger charge is -2.35. The van der Waals surface area contributed by atoms with Crippen molar-refractivity contribution in [3.63, 3.8) is 0 Å². The van der Waals surface area contributed by atoms with E-state index in [1.54, 1.807) is 17.2 Å². The van der Waals surface area contributed by atoms with Crippen LogP contribution >= 0.6 is 0 Å². The van der Waals surface area contributed by atoms with E-state index >= 15 is 0 Å². The molecule has 2 aromatic carbocycles. The van der Waals surface area contributed by atoms with Crippen LogP contribution in [0.25, 0.3) is 11.3 Å². The first-order chi connectivity index (χ1) is 17.8. The highest BCUT2D eigenvalue weighted by molar-refractivity contribution is 6.01. The summed E-state index contributed by atoms with van der Waals surface area (Å²) in [4.78, 5) is 43.1. The number of rotatable bonds is 7. The van der Waals surface area contributed by atoms with Crippen LogP contribution in [0, 0.1) is 5.92 Å². The molecular weight excluding hydrogens is 470 g/mol. The second kappa shape index (κ2) is 10.2. The molecule has 1 unspecified atom stereocenters. The fourth-order valence-electron chi connectivity index (χ4n) is 5.28. The Morgan fingerprint density at radius 1 is 1.14 bits per heavy atom. The number of nitrogens with zero attached hydrogens (tertiary/aromatic N) is 3. The smallest absolute Gasteiger partial charge is 0.255 e. The van der Waals surface area contributed by atoms with Gasteiger partial charge in [-0.1, -0.05) is 56.3 Å². The summed E-state index contributed by atoms with van der Waals surface area (Å²) in [5.41, 5.74) is 4.30. The molecule has 3 amide bonds. The number of β-amino-alcohol motifs (C(OH)–C–C–N with tert-alkyl or cyclic N) is 1. The Kier molecular flexibility index (Phi) is 6.80. The van der Waals surface area contributed by atoms with Gasteiger partial charge in [0.25, 0.3) is 5.91 Å². The highest BCUT2D eigenvalue weighted by atomic mass is 16.3. The number of hydrogen-bond acceptors (Lipinski definition) is 5. The number of aromatic amines is 1. The molecule has 1 aromatic heterocycles. The first-order valence-corrected chi connectivity index (χ1v) is 12.6. The third-order valence-corrected chi connectivity index (χ3v) is 7.17. The summed E-state index contributed by atoms with van der Waals surface area (Å²) in [6.07, 6.45) is 1.05. The number of benzene rings is 2. The number of fused-ring (bicyclic) bond motifs is 1. The molecule has 0 bridgehead atoms. The third kappa shape index (κ3) is 4.86. The molecule has 37 heavy (non-hydrogen) atoms. The van der Waals surface area contributed by atoms with E-state index in [1.165, 1.54) is 4.90 Å². The Morgan fingerprint density at radius 3 is 2.57 bits per heavy atom. The molecule has 192 valence electrons. The monoisotopic (exact) mass is 501 g/mol. The number of amides is 3. The Morgan fingerprint density at radius 2 is 1.89 bits per heavy atom. The molecule has 9 nitrogen and oxygen atoms in total. The fourth-order valence-corrected chi connectivity index (χ4v) is 5.28. The van der Waals surface area contributed by atoms with E-state index in [0.717, 1.165) is 22.4 Å². The summed E-state index contributed by atoms with van der Waals surface area (Å²) in [5, 5.41) is 20.2. The van der Waals surface area contributed by atoms with Gasteiger partial charge >= 0.3 is 0 Å². The maximum absolute atomic E-state index is 13.8. The molecule has 0 radical (unpaired) electrons. The van der Waals surface area contributed by atoms with Gasteiger partial charge in [-0.15, -0.1) is 0 Å². The number of nitrogens with one attached hydrogen (secondary N) is 2. The Bertz CT molecular complexity index is 1290. The van der Waals surface area contributed by atoms with Crippen molar-refractivity contribution in [2.75, 3.05) is 6.54 Å². The molecule has 3 atom stereocenters. The Balaban J connectivity index is 1.27. The number of aliphatic hydroxyl groups is 1. The molecule has 2 aliphatic rings. The van der Waals surface area contributed by atoms with Gasteiger partial charge in [0.1, 0.15) is 12.1 Å². The first-order valence-electron chi connectivity index (χ1n) is 12.6. The first kappa shape index (κ1) is 24.7. The molecule has 1 saturated heterocycles. The van der Waals surface area contributed by atoms with Crippen LogP contribution in [-0.4, -0.2) is 67.6 Å². The maximum Gasteiger partial charge on any atom is 0.255 e. The molecule has 0 spiro atoms. The molecule has 0 aliphatic carbocycles. The van der Waals surface area contributed by atoms with Crippen molar-refractivity contribution in [3.8, 4) is 11.3 Å². The van der Waals surface area contributed by atoms with Crippen LogP contribution in [0.4, 0.5) is 0 Å². The zero-order valence-corrected chi connectivity index (χ0v) is 20.9. The van der Waals surface area contributed by atoms with Crippen molar-refractivity contribution >= 4 is 17.7 Å². The number of H-pyrrole nitrogens is 1. The predicted octanol–water partition coefficient (Wildman–Crippen LogP) is 2.34. The van der Waals surface area contributed by atoms with Crippen LogP contribution in [-0.2, 0) is 22.7 Å². The average molecular weight is 502 g/mol. The quantitative estimate of drug-likeness (QED) is 0.459. The van der Waals surface area contributed by atoms with Crippen molar-refractivity contribution in [3.05, 3.63) is 77.5 Å². The summed E-state index contributed by atoms with van der Waals surface area (Å²) in [6.45, 7) is 4.50. The van der Waals surface area contributed by atoms with E-state index in [4.69, 9.17) is 0 Å². The highest BCUT2D eigenvalue weighted by Crippen LogP contribution is 2.30. The molecule has 3 aromatic rings. The zero-order chi connectivity index (χ0) is 26.1. The van der Waals surface area contributed by atoms with Crippen molar-refractivity contribution in [2.45, 2.75) is 51.5 Å². The van der Waals surface area contributed by atoms with Crippen LogP contribution in [0.1, 0.15) is 41.8 Å². The lowest BCUT2D eigenvalue weighted by atomic mass is 10.0. The van der Waals surface area contributed by atoms with Gasteiger partial charge in [-0.2, -0.15) is 5.10 Å². The van der Waals surface area contributed by atoms with Crippen LogP contribution in [0.5, 0.6) is 0 Å². The number of likely N-dealkylation sites (tertiary alicyclic amines) is 1. The minimum Gasteiger partial charge on any atom is -0.391 e. The van der Waals surface area contributed by atoms with Gasteiger partial charge in [-0.25, -0.2) is 0 Å². The number of hydrogen-bond donors (Lipinski definition) is 3. The largest absolute Gasteiger partial charge is 0.391 e. The van der Waals surface area contributed by atoms with Crippen molar-refractivity contribution in [2.24, 2.45) is 5.92 Å². The fraction of sp³-hybridized carbons (Fsp3) is 0.357. The lowest BCUT2D eigenvalue weighted by Crippen LogP contribution is -2.55. The van der Waals surface area contributed by atoms with Crippen molar-refractivity contribution in [1.29, 1.82) is 0 Å². The standard InChI is InChI=1S/C28H31N5O4/c1-17(2)25(33-15-20-5-3-4-6-22(20)27(33)36)28(37)32-16-21(34)13-24(32)26(35)29-14-18-7-9-19(10-8-18)23-11-12-30-31-23/h3-12,17,21,24-25,34H,13-16H2,1-2H3,(H,29,35)(H,30,31)/t21?,24-,25-/m0/s1. The average Bonchev–Trinajstić information content (AvgIpc) is 3.63.